The third-order valence-electron chi connectivity index (χ3n) is 2.62. The minimum absolute atomic E-state index is 0.0432. The second kappa shape index (κ2) is 7.77. The topological polar surface area (TPSA) is 145 Å². The number of carbonyl (C=O) groups excluding carboxylic acids is 1. The van der Waals surface area contributed by atoms with Gasteiger partial charge < -0.3 is 15.7 Å². The van der Waals surface area contributed by atoms with Gasteiger partial charge in [-0.2, -0.15) is 5.26 Å². The van der Waals surface area contributed by atoms with Gasteiger partial charge >= 0.3 is 5.97 Å². The maximum absolute atomic E-state index is 11.9. The molecule has 1 aromatic rings. The monoisotopic (exact) mass is 338 g/mol. The Bertz CT molecular complexity index is 726. The summed E-state index contributed by atoms with van der Waals surface area (Å²) in [4.78, 5) is 32.6. The summed E-state index contributed by atoms with van der Waals surface area (Å²) in [6.45, 7) is 1.32. The first-order valence-electron chi connectivity index (χ1n) is 6.10. The smallest absolute Gasteiger partial charge is 0.325 e. The molecule has 0 heterocycles. The third kappa shape index (κ3) is 4.98. The highest BCUT2D eigenvalue weighted by atomic mass is 35.5. The zero-order valence-corrected chi connectivity index (χ0v) is 12.5. The van der Waals surface area contributed by atoms with Crippen LogP contribution in [0.3, 0.4) is 0 Å². The molecule has 1 aromatic carbocycles. The van der Waals surface area contributed by atoms with Crippen LogP contribution in [0.4, 0.5) is 11.4 Å². The molecule has 0 aromatic heterocycles. The number of amides is 1. The predicted molar refractivity (Wildman–Crippen MR) is 80.7 cm³/mol. The van der Waals surface area contributed by atoms with Crippen LogP contribution in [-0.2, 0) is 9.59 Å². The number of nitrogens with zero attached hydrogens (tertiary/aromatic N) is 2. The van der Waals surface area contributed by atoms with E-state index in [1.807, 2.05) is 0 Å². The third-order valence-corrected chi connectivity index (χ3v) is 2.95. The molecule has 10 heteroatoms. The number of nitro benzene ring substituents is 1. The largest absolute Gasteiger partial charge is 0.480 e. The zero-order chi connectivity index (χ0) is 17.6. The number of carboxylic acid groups (broad SMARTS) is 1. The lowest BCUT2D eigenvalue weighted by molar-refractivity contribution is -0.384. The molecule has 1 amide bonds. The van der Waals surface area contributed by atoms with Crippen molar-refractivity contribution in [1.29, 1.82) is 5.26 Å². The van der Waals surface area contributed by atoms with Crippen molar-refractivity contribution in [2.75, 3.05) is 5.32 Å². The van der Waals surface area contributed by atoms with Gasteiger partial charge in [0.25, 0.3) is 11.6 Å². The molecule has 9 nitrogen and oxygen atoms in total. The molecule has 0 spiro atoms. The van der Waals surface area contributed by atoms with Gasteiger partial charge in [-0.15, -0.1) is 0 Å². The molecule has 0 fully saturated rings. The van der Waals surface area contributed by atoms with Gasteiger partial charge in [0.05, 0.1) is 15.6 Å². The number of aliphatic carboxylic acids is 1. The second-order valence-corrected chi connectivity index (χ2v) is 4.68. The Kier molecular flexibility index (Phi) is 6.05. The van der Waals surface area contributed by atoms with E-state index >= 15 is 0 Å². The standard InChI is InChI=1S/C13H11ClN4O5/c1-7(13(20)21)16-6-8(5-15)12(19)17-11-4-9(18(22)23)2-3-10(11)14/h2-4,6-7,16H,1H3,(H,17,19)(H,20,21)/b8-6-. The van der Waals surface area contributed by atoms with E-state index in [-0.39, 0.29) is 16.4 Å². The van der Waals surface area contributed by atoms with E-state index < -0.39 is 28.4 Å². The number of hydrogen-bond acceptors (Lipinski definition) is 6. The number of nitrogens with one attached hydrogen (secondary N) is 2. The SMILES string of the molecule is CC(N/C=C(/C#N)C(=O)Nc1cc([N+](=O)[O-])ccc1Cl)C(=O)O. The lowest BCUT2D eigenvalue weighted by Crippen LogP contribution is -2.30. The minimum Gasteiger partial charge on any atom is -0.480 e. The summed E-state index contributed by atoms with van der Waals surface area (Å²) >= 11 is 5.83. The predicted octanol–water partition coefficient (Wildman–Crippen LogP) is 1.66. The van der Waals surface area contributed by atoms with Crippen molar-refractivity contribution in [2.45, 2.75) is 13.0 Å². The number of nitriles is 1. The number of nitro groups is 1. The van der Waals surface area contributed by atoms with Crippen molar-refractivity contribution in [1.82, 2.24) is 5.32 Å². The summed E-state index contributed by atoms with van der Waals surface area (Å²) in [5.41, 5.74) is -0.746. The van der Waals surface area contributed by atoms with Crippen LogP contribution in [0.2, 0.25) is 5.02 Å². The van der Waals surface area contributed by atoms with Crippen molar-refractivity contribution in [2.24, 2.45) is 0 Å². The highest BCUT2D eigenvalue weighted by Crippen LogP contribution is 2.26. The van der Waals surface area contributed by atoms with Crippen LogP contribution in [-0.4, -0.2) is 27.9 Å². The van der Waals surface area contributed by atoms with Gasteiger partial charge in [0, 0.05) is 18.3 Å². The fourth-order valence-electron chi connectivity index (χ4n) is 1.34. The van der Waals surface area contributed by atoms with Gasteiger partial charge in [-0.05, 0) is 13.0 Å². The van der Waals surface area contributed by atoms with Crippen LogP contribution in [0.5, 0.6) is 0 Å². The number of halogens is 1. The number of non-ortho nitro benzene ring substituents is 1. The van der Waals surface area contributed by atoms with Crippen molar-refractivity contribution >= 4 is 34.9 Å². The molecule has 0 saturated heterocycles. The van der Waals surface area contributed by atoms with E-state index in [2.05, 4.69) is 10.6 Å². The van der Waals surface area contributed by atoms with Gasteiger partial charge in [-0.1, -0.05) is 11.6 Å². The van der Waals surface area contributed by atoms with E-state index in [0.29, 0.717) is 0 Å². The average molecular weight is 339 g/mol. The van der Waals surface area contributed by atoms with Crippen LogP contribution in [0, 0.1) is 21.4 Å². The zero-order valence-electron chi connectivity index (χ0n) is 11.7. The van der Waals surface area contributed by atoms with Crippen LogP contribution in [0.25, 0.3) is 0 Å². The first-order chi connectivity index (χ1) is 10.8. The highest BCUT2D eigenvalue weighted by Gasteiger charge is 2.16. The number of benzene rings is 1. The van der Waals surface area contributed by atoms with Crippen LogP contribution in [0.1, 0.15) is 6.92 Å². The molecule has 1 atom stereocenters. The normalized spacial score (nSPS) is 12.0. The summed E-state index contributed by atoms with van der Waals surface area (Å²) in [5, 5.41) is 33.0. The first kappa shape index (κ1) is 17.9. The first-order valence-corrected chi connectivity index (χ1v) is 6.48. The molecule has 0 aliphatic heterocycles. The number of anilines is 1. The molecule has 0 radical (unpaired) electrons. The Hall–Kier alpha value is -3.12. The second-order valence-electron chi connectivity index (χ2n) is 4.27. The molecular weight excluding hydrogens is 328 g/mol. The Balaban J connectivity index is 2.95. The van der Waals surface area contributed by atoms with E-state index in [1.165, 1.54) is 13.0 Å². The Morgan fingerprint density at radius 1 is 1.52 bits per heavy atom. The quantitative estimate of drug-likeness (QED) is 0.309. The van der Waals surface area contributed by atoms with Crippen molar-refractivity contribution in [3.05, 3.63) is 45.1 Å². The van der Waals surface area contributed by atoms with Crippen LogP contribution in [0.15, 0.2) is 30.0 Å². The van der Waals surface area contributed by atoms with Crippen molar-refractivity contribution < 1.29 is 19.6 Å². The number of carboxylic acids is 1. The Labute approximate surface area is 135 Å². The van der Waals surface area contributed by atoms with Crippen molar-refractivity contribution in [3.63, 3.8) is 0 Å². The lowest BCUT2D eigenvalue weighted by Gasteiger charge is -2.08. The molecule has 0 aliphatic carbocycles. The minimum atomic E-state index is -1.17. The average Bonchev–Trinajstić information content (AvgIpc) is 2.49. The Morgan fingerprint density at radius 2 is 2.17 bits per heavy atom. The van der Waals surface area contributed by atoms with E-state index in [9.17, 15) is 19.7 Å². The van der Waals surface area contributed by atoms with Gasteiger partial charge in [0.15, 0.2) is 0 Å². The van der Waals surface area contributed by atoms with Crippen molar-refractivity contribution in [3.8, 4) is 6.07 Å². The number of rotatable bonds is 6. The van der Waals surface area contributed by atoms with Gasteiger partial charge in [-0.3, -0.25) is 19.7 Å². The van der Waals surface area contributed by atoms with Crippen LogP contribution >= 0.6 is 11.6 Å². The molecule has 0 aliphatic rings. The highest BCUT2D eigenvalue weighted by molar-refractivity contribution is 6.34. The summed E-state index contributed by atoms with van der Waals surface area (Å²) in [6.07, 6.45) is 0.944. The fraction of sp³-hybridized carbons (Fsp3) is 0.154. The molecule has 3 N–H and O–H groups in total. The maximum Gasteiger partial charge on any atom is 0.325 e. The van der Waals surface area contributed by atoms with E-state index in [4.69, 9.17) is 22.0 Å². The molecule has 120 valence electrons. The van der Waals surface area contributed by atoms with Gasteiger partial charge in [0.1, 0.15) is 17.7 Å². The molecule has 1 unspecified atom stereocenters. The van der Waals surface area contributed by atoms with Crippen LogP contribution < -0.4 is 10.6 Å². The molecule has 0 saturated carbocycles. The molecule has 23 heavy (non-hydrogen) atoms. The number of hydrogen-bond donors (Lipinski definition) is 3. The summed E-state index contributed by atoms with van der Waals surface area (Å²) in [5.74, 6) is -2.05. The molecule has 1 rings (SSSR count). The Morgan fingerprint density at radius 3 is 2.70 bits per heavy atom. The number of carbonyl (C=O) groups is 2. The molecular formula is C13H11ClN4O5. The maximum atomic E-state index is 11.9. The fourth-order valence-corrected chi connectivity index (χ4v) is 1.51. The summed E-state index contributed by atoms with van der Waals surface area (Å²) in [6, 6.07) is 4.02. The summed E-state index contributed by atoms with van der Waals surface area (Å²) in [7, 11) is 0. The van der Waals surface area contributed by atoms with E-state index in [1.54, 1.807) is 6.07 Å². The van der Waals surface area contributed by atoms with E-state index in [0.717, 1.165) is 18.3 Å². The summed E-state index contributed by atoms with van der Waals surface area (Å²) < 4.78 is 0. The lowest BCUT2D eigenvalue weighted by atomic mass is 10.2. The van der Waals surface area contributed by atoms with Gasteiger partial charge in [-0.25, -0.2) is 0 Å². The molecule has 0 bridgehead atoms. The van der Waals surface area contributed by atoms with Gasteiger partial charge in [0.2, 0.25) is 0 Å².